The quantitative estimate of drug-likeness (QED) is 0.742. The lowest BCUT2D eigenvalue weighted by molar-refractivity contribution is -0.0166. The topological polar surface area (TPSA) is 79.6 Å². The second kappa shape index (κ2) is 7.77. The van der Waals surface area contributed by atoms with Gasteiger partial charge >= 0.3 is 6.03 Å². The Labute approximate surface area is 157 Å². The van der Waals surface area contributed by atoms with Crippen molar-refractivity contribution in [2.75, 3.05) is 38.6 Å². The fourth-order valence-electron chi connectivity index (χ4n) is 3.06. The van der Waals surface area contributed by atoms with E-state index >= 15 is 0 Å². The zero-order valence-corrected chi connectivity index (χ0v) is 15.1. The molecule has 3 aromatic rings. The van der Waals surface area contributed by atoms with Crippen molar-refractivity contribution in [2.45, 2.75) is 6.10 Å². The lowest BCUT2D eigenvalue weighted by Crippen LogP contribution is -2.46. The van der Waals surface area contributed by atoms with Crippen molar-refractivity contribution in [2.24, 2.45) is 0 Å². The Bertz CT molecular complexity index is 889. The fraction of sp³-hybridized carbons (Fsp3) is 0.300. The smallest absolute Gasteiger partial charge is 0.319 e. The Morgan fingerprint density at radius 2 is 2.04 bits per heavy atom. The normalized spacial score (nSPS) is 17.7. The molecule has 0 unspecified atom stereocenters. The summed E-state index contributed by atoms with van der Waals surface area (Å²) >= 11 is 0. The molecular weight excluding hydrogens is 344 g/mol. The number of carbonyl (C=O) groups excluding carboxylic acids is 1. The first-order valence-electron chi connectivity index (χ1n) is 8.98. The number of aromatic nitrogens is 1. The molecule has 7 nitrogen and oxygen atoms in total. The van der Waals surface area contributed by atoms with Crippen LogP contribution in [0.5, 0.6) is 0 Å². The Hall–Kier alpha value is -2.90. The summed E-state index contributed by atoms with van der Waals surface area (Å²) in [7, 11) is 2.05. The number of anilines is 1. The molecule has 2 amide bonds. The standard InChI is InChI=1S/C20H22N4O3/c1-24-10-11-26-16(13-24)12-21-20(25)22-15-8-6-14(7-9-15)19-23-17-4-2-3-5-18(17)27-19/h2-9,16H,10-13H2,1H3,(H2,21,22,25)/t16-/m0/s1. The molecule has 1 aromatic heterocycles. The number of fused-ring (bicyclic) bond motifs is 1. The van der Waals surface area contributed by atoms with E-state index < -0.39 is 0 Å². The Morgan fingerprint density at radius 1 is 1.22 bits per heavy atom. The molecular formula is C20H22N4O3. The third kappa shape index (κ3) is 4.27. The summed E-state index contributed by atoms with van der Waals surface area (Å²) < 4.78 is 11.4. The number of hydrogen-bond donors (Lipinski definition) is 2. The average Bonchev–Trinajstić information content (AvgIpc) is 3.11. The number of rotatable bonds is 4. The van der Waals surface area contributed by atoms with Gasteiger partial charge in [0.25, 0.3) is 0 Å². The zero-order chi connectivity index (χ0) is 18.6. The van der Waals surface area contributed by atoms with E-state index in [2.05, 4.69) is 20.5 Å². The molecule has 0 aliphatic carbocycles. The number of urea groups is 1. The molecule has 2 N–H and O–H groups in total. The highest BCUT2D eigenvalue weighted by molar-refractivity contribution is 5.89. The van der Waals surface area contributed by atoms with Gasteiger partial charge in [-0.15, -0.1) is 0 Å². The van der Waals surface area contributed by atoms with Crippen molar-refractivity contribution in [1.29, 1.82) is 0 Å². The van der Waals surface area contributed by atoms with Crippen molar-refractivity contribution >= 4 is 22.8 Å². The first-order chi connectivity index (χ1) is 13.2. The molecule has 1 fully saturated rings. The van der Waals surface area contributed by atoms with Crippen LogP contribution in [0.15, 0.2) is 52.9 Å². The van der Waals surface area contributed by atoms with Gasteiger partial charge in [-0.05, 0) is 43.4 Å². The molecule has 4 rings (SSSR count). The summed E-state index contributed by atoms with van der Waals surface area (Å²) in [5, 5.41) is 5.68. The van der Waals surface area contributed by atoms with Crippen LogP contribution in [0, 0.1) is 0 Å². The Balaban J connectivity index is 1.34. The molecule has 1 atom stereocenters. The van der Waals surface area contributed by atoms with Gasteiger partial charge in [-0.2, -0.15) is 0 Å². The van der Waals surface area contributed by atoms with E-state index in [1.54, 1.807) is 0 Å². The van der Waals surface area contributed by atoms with Gasteiger partial charge in [0.15, 0.2) is 5.58 Å². The lowest BCUT2D eigenvalue weighted by atomic mass is 10.2. The molecule has 2 aromatic carbocycles. The molecule has 1 aliphatic heterocycles. The monoisotopic (exact) mass is 366 g/mol. The summed E-state index contributed by atoms with van der Waals surface area (Å²) in [6, 6.07) is 14.8. The van der Waals surface area contributed by atoms with Crippen LogP contribution in [0.2, 0.25) is 0 Å². The molecule has 7 heteroatoms. The highest BCUT2D eigenvalue weighted by Gasteiger charge is 2.18. The summed E-state index contributed by atoms with van der Waals surface area (Å²) in [5.74, 6) is 0.561. The van der Waals surface area contributed by atoms with Gasteiger partial charge in [-0.25, -0.2) is 9.78 Å². The van der Waals surface area contributed by atoms with Crippen LogP contribution in [0.3, 0.4) is 0 Å². The van der Waals surface area contributed by atoms with Crippen molar-refractivity contribution in [3.8, 4) is 11.5 Å². The van der Waals surface area contributed by atoms with Crippen LogP contribution in [0.4, 0.5) is 10.5 Å². The minimum absolute atomic E-state index is 0.0241. The van der Waals surface area contributed by atoms with Crippen LogP contribution in [-0.4, -0.2) is 55.3 Å². The van der Waals surface area contributed by atoms with E-state index in [1.807, 2.05) is 55.6 Å². The predicted octanol–water partition coefficient (Wildman–Crippen LogP) is 2.95. The van der Waals surface area contributed by atoms with Crippen LogP contribution in [0.1, 0.15) is 0 Å². The average molecular weight is 366 g/mol. The number of para-hydroxylation sites is 2. The van der Waals surface area contributed by atoms with E-state index in [-0.39, 0.29) is 12.1 Å². The first kappa shape index (κ1) is 17.5. The van der Waals surface area contributed by atoms with Crippen LogP contribution < -0.4 is 10.6 Å². The van der Waals surface area contributed by atoms with E-state index in [1.165, 1.54) is 0 Å². The van der Waals surface area contributed by atoms with E-state index in [9.17, 15) is 4.79 Å². The third-order valence-corrected chi connectivity index (χ3v) is 4.52. The summed E-state index contributed by atoms with van der Waals surface area (Å²) in [6.07, 6.45) is 0.0241. The number of carbonyl (C=O) groups is 1. The van der Waals surface area contributed by atoms with Crippen molar-refractivity contribution in [3.05, 3.63) is 48.5 Å². The molecule has 0 radical (unpaired) electrons. The maximum atomic E-state index is 12.1. The van der Waals surface area contributed by atoms with Gasteiger partial charge in [0.05, 0.1) is 12.7 Å². The largest absolute Gasteiger partial charge is 0.436 e. The van der Waals surface area contributed by atoms with Gasteiger partial charge in [-0.1, -0.05) is 12.1 Å². The van der Waals surface area contributed by atoms with E-state index in [0.717, 1.165) is 29.8 Å². The second-order valence-corrected chi connectivity index (χ2v) is 6.65. The van der Waals surface area contributed by atoms with Crippen molar-refractivity contribution < 1.29 is 13.9 Å². The minimum Gasteiger partial charge on any atom is -0.436 e. The summed E-state index contributed by atoms with van der Waals surface area (Å²) in [6.45, 7) is 2.92. The highest BCUT2D eigenvalue weighted by Crippen LogP contribution is 2.25. The minimum atomic E-state index is -0.249. The van der Waals surface area contributed by atoms with Crippen LogP contribution in [0.25, 0.3) is 22.6 Å². The summed E-state index contributed by atoms with van der Waals surface area (Å²) in [4.78, 5) is 18.8. The SMILES string of the molecule is CN1CCO[C@@H](CNC(=O)Nc2ccc(-c3nc4ccccc4o3)cc2)C1. The molecule has 0 spiro atoms. The maximum Gasteiger partial charge on any atom is 0.319 e. The number of hydrogen-bond acceptors (Lipinski definition) is 5. The second-order valence-electron chi connectivity index (χ2n) is 6.65. The molecule has 140 valence electrons. The zero-order valence-electron chi connectivity index (χ0n) is 15.1. The molecule has 2 heterocycles. The van der Waals surface area contributed by atoms with Gasteiger partial charge in [0.2, 0.25) is 5.89 Å². The number of benzene rings is 2. The summed E-state index contributed by atoms with van der Waals surface area (Å²) in [5.41, 5.74) is 3.14. The molecule has 0 saturated carbocycles. The fourth-order valence-corrected chi connectivity index (χ4v) is 3.06. The number of oxazole rings is 1. The number of nitrogens with zero attached hydrogens (tertiary/aromatic N) is 2. The van der Waals surface area contributed by atoms with Gasteiger partial charge in [0, 0.05) is 30.9 Å². The van der Waals surface area contributed by atoms with Crippen LogP contribution in [-0.2, 0) is 4.74 Å². The molecule has 27 heavy (non-hydrogen) atoms. The van der Waals surface area contributed by atoms with Crippen molar-refractivity contribution in [1.82, 2.24) is 15.2 Å². The molecule has 1 saturated heterocycles. The molecule has 0 bridgehead atoms. The number of nitrogens with one attached hydrogen (secondary N) is 2. The number of amides is 2. The Kier molecular flexibility index (Phi) is 5.04. The maximum absolute atomic E-state index is 12.1. The van der Waals surface area contributed by atoms with E-state index in [0.29, 0.717) is 24.7 Å². The highest BCUT2D eigenvalue weighted by atomic mass is 16.5. The molecule has 1 aliphatic rings. The van der Waals surface area contributed by atoms with Crippen LogP contribution >= 0.6 is 0 Å². The first-order valence-corrected chi connectivity index (χ1v) is 8.98. The lowest BCUT2D eigenvalue weighted by Gasteiger charge is -2.30. The number of ether oxygens (including phenoxy) is 1. The Morgan fingerprint density at radius 3 is 2.81 bits per heavy atom. The van der Waals surface area contributed by atoms with Gasteiger partial charge < -0.3 is 24.7 Å². The van der Waals surface area contributed by atoms with Gasteiger partial charge in [0.1, 0.15) is 5.52 Å². The van der Waals surface area contributed by atoms with Crippen molar-refractivity contribution in [3.63, 3.8) is 0 Å². The predicted molar refractivity (Wildman–Crippen MR) is 104 cm³/mol. The van der Waals surface area contributed by atoms with Gasteiger partial charge in [-0.3, -0.25) is 0 Å². The number of likely N-dealkylation sites (N-methyl/N-ethyl adjacent to an activating group) is 1. The third-order valence-electron chi connectivity index (χ3n) is 4.52. The number of morpholine rings is 1. The van der Waals surface area contributed by atoms with E-state index in [4.69, 9.17) is 9.15 Å².